The molecule has 0 N–H and O–H groups in total. The molecule has 17 heavy (non-hydrogen) atoms. The Morgan fingerprint density at radius 3 is 2.47 bits per heavy atom. The molecule has 0 unspecified atom stereocenters. The van der Waals surface area contributed by atoms with Gasteiger partial charge in [-0.1, -0.05) is 54.1 Å². The smallest absolute Gasteiger partial charge is 0.0795 e. The fourth-order valence-corrected chi connectivity index (χ4v) is 2.21. The summed E-state index contributed by atoms with van der Waals surface area (Å²) in [5.74, 6) is 0. The van der Waals surface area contributed by atoms with Gasteiger partial charge in [-0.3, -0.25) is 4.98 Å². The van der Waals surface area contributed by atoms with Crippen LogP contribution in [0.1, 0.15) is 0 Å². The fraction of sp³-hybridized carbons (Fsp3) is 0. The largest absolute Gasteiger partial charge is 0.256 e. The van der Waals surface area contributed by atoms with E-state index in [0.717, 1.165) is 21.7 Å². The highest BCUT2D eigenvalue weighted by Crippen LogP contribution is 2.31. The van der Waals surface area contributed by atoms with Gasteiger partial charge in [-0.2, -0.15) is 0 Å². The molecule has 0 amide bonds. The SMILES string of the molecule is Clc1ccccc1-c1nccc2ccccc12. The topological polar surface area (TPSA) is 12.9 Å². The molecule has 1 heterocycles. The van der Waals surface area contributed by atoms with Crippen LogP contribution in [-0.2, 0) is 0 Å². The van der Waals surface area contributed by atoms with Crippen LogP contribution in [0, 0.1) is 0 Å². The van der Waals surface area contributed by atoms with Crippen molar-refractivity contribution < 1.29 is 0 Å². The summed E-state index contributed by atoms with van der Waals surface area (Å²) in [6.07, 6.45) is 1.82. The Labute approximate surface area is 105 Å². The second-order valence-corrected chi connectivity index (χ2v) is 4.27. The van der Waals surface area contributed by atoms with E-state index in [1.807, 2.05) is 48.7 Å². The van der Waals surface area contributed by atoms with Gasteiger partial charge in [0.25, 0.3) is 0 Å². The van der Waals surface area contributed by atoms with Gasteiger partial charge in [0.15, 0.2) is 0 Å². The van der Waals surface area contributed by atoms with Crippen molar-refractivity contribution >= 4 is 22.4 Å². The molecule has 0 aliphatic heterocycles. The van der Waals surface area contributed by atoms with Gasteiger partial charge in [-0.25, -0.2) is 0 Å². The Bertz CT molecular complexity index is 671. The zero-order valence-corrected chi connectivity index (χ0v) is 9.85. The minimum Gasteiger partial charge on any atom is -0.256 e. The van der Waals surface area contributed by atoms with Crippen LogP contribution in [0.15, 0.2) is 60.8 Å². The molecule has 3 rings (SSSR count). The molecule has 0 bridgehead atoms. The third-order valence-electron chi connectivity index (χ3n) is 2.80. The average molecular weight is 240 g/mol. The maximum Gasteiger partial charge on any atom is 0.0795 e. The van der Waals surface area contributed by atoms with Crippen molar-refractivity contribution in [3.8, 4) is 11.3 Å². The van der Waals surface area contributed by atoms with Gasteiger partial charge in [-0.15, -0.1) is 0 Å². The maximum atomic E-state index is 6.22. The van der Waals surface area contributed by atoms with Gasteiger partial charge in [0.05, 0.1) is 5.69 Å². The van der Waals surface area contributed by atoms with E-state index in [1.165, 1.54) is 5.39 Å². The van der Waals surface area contributed by atoms with E-state index in [4.69, 9.17) is 11.6 Å². The third-order valence-corrected chi connectivity index (χ3v) is 3.13. The van der Waals surface area contributed by atoms with Gasteiger partial charge < -0.3 is 0 Å². The molecule has 0 spiro atoms. The van der Waals surface area contributed by atoms with Crippen molar-refractivity contribution in [1.29, 1.82) is 0 Å². The first-order chi connectivity index (χ1) is 8.36. The van der Waals surface area contributed by atoms with Gasteiger partial charge >= 0.3 is 0 Å². The van der Waals surface area contributed by atoms with Crippen molar-refractivity contribution in [1.82, 2.24) is 4.98 Å². The van der Waals surface area contributed by atoms with Crippen molar-refractivity contribution in [2.45, 2.75) is 0 Å². The molecular weight excluding hydrogens is 230 g/mol. The Morgan fingerprint density at radius 1 is 0.824 bits per heavy atom. The first-order valence-electron chi connectivity index (χ1n) is 5.45. The van der Waals surface area contributed by atoms with Gasteiger partial charge in [0, 0.05) is 22.2 Å². The first-order valence-corrected chi connectivity index (χ1v) is 5.83. The van der Waals surface area contributed by atoms with Crippen LogP contribution in [0.4, 0.5) is 0 Å². The summed E-state index contributed by atoms with van der Waals surface area (Å²) in [5.41, 5.74) is 1.92. The normalized spacial score (nSPS) is 10.6. The monoisotopic (exact) mass is 239 g/mol. The molecule has 2 aromatic carbocycles. The molecule has 0 radical (unpaired) electrons. The van der Waals surface area contributed by atoms with Crippen LogP contribution >= 0.6 is 11.6 Å². The number of halogens is 1. The molecule has 0 saturated carbocycles. The Hall–Kier alpha value is -1.86. The number of fused-ring (bicyclic) bond motifs is 1. The van der Waals surface area contributed by atoms with Gasteiger partial charge in [0.1, 0.15) is 0 Å². The van der Waals surface area contributed by atoms with Crippen LogP contribution in [-0.4, -0.2) is 4.98 Å². The summed E-state index contributed by atoms with van der Waals surface area (Å²) in [6.45, 7) is 0. The van der Waals surface area contributed by atoms with Crippen molar-refractivity contribution in [2.75, 3.05) is 0 Å². The lowest BCUT2D eigenvalue weighted by molar-refractivity contribution is 1.36. The molecule has 0 atom stereocenters. The van der Waals surface area contributed by atoms with Gasteiger partial charge in [-0.05, 0) is 17.5 Å². The van der Waals surface area contributed by atoms with E-state index in [1.54, 1.807) is 0 Å². The van der Waals surface area contributed by atoms with Crippen molar-refractivity contribution in [3.05, 3.63) is 65.8 Å². The highest BCUT2D eigenvalue weighted by atomic mass is 35.5. The first kappa shape index (κ1) is 10.3. The number of aromatic nitrogens is 1. The van der Waals surface area contributed by atoms with E-state index < -0.39 is 0 Å². The average Bonchev–Trinajstić information content (AvgIpc) is 2.39. The van der Waals surface area contributed by atoms with Crippen LogP contribution in [0.2, 0.25) is 5.02 Å². The van der Waals surface area contributed by atoms with E-state index in [9.17, 15) is 0 Å². The predicted molar refractivity (Wildman–Crippen MR) is 72.2 cm³/mol. The number of pyridine rings is 1. The second-order valence-electron chi connectivity index (χ2n) is 3.86. The quantitative estimate of drug-likeness (QED) is 0.607. The maximum absolute atomic E-state index is 6.22. The lowest BCUT2D eigenvalue weighted by atomic mass is 10.0. The summed E-state index contributed by atoms with van der Waals surface area (Å²) < 4.78 is 0. The molecule has 0 aliphatic carbocycles. The molecule has 0 fully saturated rings. The highest BCUT2D eigenvalue weighted by molar-refractivity contribution is 6.33. The highest BCUT2D eigenvalue weighted by Gasteiger charge is 2.07. The number of nitrogens with zero attached hydrogens (tertiary/aromatic N) is 1. The summed E-state index contributed by atoms with van der Waals surface area (Å²) in [6, 6.07) is 18.0. The second kappa shape index (κ2) is 4.19. The van der Waals surface area contributed by atoms with E-state index in [0.29, 0.717) is 0 Å². The molecular formula is C15H10ClN. The molecule has 3 aromatic rings. The zero-order chi connectivity index (χ0) is 11.7. The van der Waals surface area contributed by atoms with Crippen LogP contribution < -0.4 is 0 Å². The van der Waals surface area contributed by atoms with Crippen LogP contribution in [0.3, 0.4) is 0 Å². The van der Waals surface area contributed by atoms with Crippen LogP contribution in [0.25, 0.3) is 22.0 Å². The van der Waals surface area contributed by atoms with E-state index in [2.05, 4.69) is 17.1 Å². The van der Waals surface area contributed by atoms with E-state index in [-0.39, 0.29) is 0 Å². The Balaban J connectivity index is 2.35. The summed E-state index contributed by atoms with van der Waals surface area (Å²) in [7, 11) is 0. The molecule has 1 nitrogen and oxygen atoms in total. The third kappa shape index (κ3) is 1.79. The lowest BCUT2D eigenvalue weighted by Gasteiger charge is -2.07. The standard InChI is InChI=1S/C15H10ClN/c16-14-8-4-3-7-13(14)15-12-6-2-1-5-11(12)9-10-17-15/h1-10H. The molecule has 82 valence electrons. The predicted octanol–water partition coefficient (Wildman–Crippen LogP) is 4.56. The minimum atomic E-state index is 0.733. The van der Waals surface area contributed by atoms with Crippen LogP contribution in [0.5, 0.6) is 0 Å². The number of hydrogen-bond acceptors (Lipinski definition) is 1. The molecule has 0 saturated heterocycles. The molecule has 1 aromatic heterocycles. The summed E-state index contributed by atoms with van der Waals surface area (Å²) in [4.78, 5) is 4.45. The fourth-order valence-electron chi connectivity index (χ4n) is 1.99. The summed E-state index contributed by atoms with van der Waals surface area (Å²) in [5, 5.41) is 3.04. The van der Waals surface area contributed by atoms with E-state index >= 15 is 0 Å². The van der Waals surface area contributed by atoms with Crippen molar-refractivity contribution in [3.63, 3.8) is 0 Å². The number of benzene rings is 2. The minimum absolute atomic E-state index is 0.733. The zero-order valence-electron chi connectivity index (χ0n) is 9.10. The molecule has 0 aliphatic rings. The Morgan fingerprint density at radius 2 is 1.59 bits per heavy atom. The lowest BCUT2D eigenvalue weighted by Crippen LogP contribution is -1.86. The number of rotatable bonds is 1. The summed E-state index contributed by atoms with van der Waals surface area (Å²) >= 11 is 6.22. The Kier molecular flexibility index (Phi) is 2.54. The molecule has 2 heteroatoms. The number of hydrogen-bond donors (Lipinski definition) is 0. The van der Waals surface area contributed by atoms with Crippen molar-refractivity contribution in [2.24, 2.45) is 0 Å². The van der Waals surface area contributed by atoms with Gasteiger partial charge in [0.2, 0.25) is 0 Å².